The second-order valence-electron chi connectivity index (χ2n) is 4.27. The lowest BCUT2D eigenvalue weighted by Crippen LogP contribution is -2.02. The average Bonchev–Trinajstić information content (AvgIpc) is 2.38. The lowest BCUT2D eigenvalue weighted by atomic mass is 9.92. The van der Waals surface area contributed by atoms with Gasteiger partial charge in [-0.15, -0.1) is 0 Å². The van der Waals surface area contributed by atoms with Gasteiger partial charge < -0.3 is 9.47 Å². The van der Waals surface area contributed by atoms with Gasteiger partial charge in [-0.25, -0.2) is 0 Å². The number of benzene rings is 1. The van der Waals surface area contributed by atoms with Gasteiger partial charge in [-0.2, -0.15) is 0 Å². The summed E-state index contributed by atoms with van der Waals surface area (Å²) in [6, 6.07) is 6.44. The van der Waals surface area contributed by atoms with Crippen molar-refractivity contribution in [3.63, 3.8) is 0 Å². The van der Waals surface area contributed by atoms with Gasteiger partial charge in [0.25, 0.3) is 0 Å². The van der Waals surface area contributed by atoms with E-state index < -0.39 is 0 Å². The molecule has 2 rings (SSSR count). The summed E-state index contributed by atoms with van der Waals surface area (Å²) < 4.78 is 9.58. The van der Waals surface area contributed by atoms with Crippen LogP contribution in [0, 0.1) is 0 Å². The maximum absolute atomic E-state index is 9.82. The molecule has 0 N–H and O–H groups in total. The van der Waals surface area contributed by atoms with Crippen molar-refractivity contribution < 1.29 is 14.3 Å². The molecule has 0 unspecified atom stereocenters. The topological polar surface area (TPSA) is 35.5 Å². The summed E-state index contributed by atoms with van der Waals surface area (Å²) >= 11 is 0. The van der Waals surface area contributed by atoms with Crippen molar-refractivity contribution in [3.8, 4) is 5.75 Å². The van der Waals surface area contributed by atoms with Crippen molar-refractivity contribution in [2.75, 3.05) is 13.7 Å². The van der Waals surface area contributed by atoms with Gasteiger partial charge in [0.1, 0.15) is 5.75 Å². The molecule has 0 spiro atoms. The van der Waals surface area contributed by atoms with E-state index in [1.807, 2.05) is 0 Å². The second-order valence-corrected chi connectivity index (χ2v) is 4.27. The van der Waals surface area contributed by atoms with Crippen LogP contribution in [0.5, 0.6) is 5.75 Å². The number of fused-ring (bicyclic) bond motifs is 1. The Hall–Kier alpha value is -1.51. The molecule has 0 saturated heterocycles. The highest BCUT2D eigenvalue weighted by Gasteiger charge is 2.08. The Kier molecular flexibility index (Phi) is 6.26. The Bertz CT molecular complexity index is 385. The summed E-state index contributed by atoms with van der Waals surface area (Å²) in [6.07, 6.45) is 5.16. The van der Waals surface area contributed by atoms with Gasteiger partial charge in [0.15, 0.2) is 0 Å². The molecule has 0 aliphatic heterocycles. The summed E-state index contributed by atoms with van der Waals surface area (Å²) in [4.78, 5) is 9.82. The van der Waals surface area contributed by atoms with E-state index in [1.165, 1.54) is 43.7 Å². The van der Waals surface area contributed by atoms with Crippen molar-refractivity contribution in [1.82, 2.24) is 0 Å². The van der Waals surface area contributed by atoms with E-state index in [2.05, 4.69) is 22.9 Å². The molecule has 0 radical (unpaired) electrons. The number of carbonyl (C=O) groups excluding carboxylic acids is 1. The van der Waals surface area contributed by atoms with Gasteiger partial charge in [-0.3, -0.25) is 4.79 Å². The average molecular weight is 250 g/mol. The zero-order valence-corrected chi connectivity index (χ0v) is 11.5. The molecule has 0 saturated carbocycles. The molecule has 1 aliphatic carbocycles. The molecule has 0 amide bonds. The summed E-state index contributed by atoms with van der Waals surface area (Å²) in [7, 11) is 1.73. The van der Waals surface area contributed by atoms with Gasteiger partial charge in [0.05, 0.1) is 13.7 Å². The van der Waals surface area contributed by atoms with Crippen LogP contribution < -0.4 is 4.74 Å². The molecule has 3 nitrogen and oxygen atoms in total. The lowest BCUT2D eigenvalue weighted by molar-refractivity contribution is -0.140. The summed E-state index contributed by atoms with van der Waals surface area (Å²) in [6.45, 7) is 3.65. The van der Waals surface area contributed by atoms with E-state index >= 15 is 0 Å². The molecule has 3 heteroatoms. The maximum atomic E-state index is 9.82. The van der Waals surface area contributed by atoms with E-state index in [0.717, 1.165) is 5.75 Å². The third kappa shape index (κ3) is 4.78. The number of esters is 1. The van der Waals surface area contributed by atoms with Crippen molar-refractivity contribution in [2.24, 2.45) is 0 Å². The van der Waals surface area contributed by atoms with Gasteiger partial charge in [0.2, 0.25) is 0 Å². The molecule has 0 heterocycles. The predicted molar refractivity (Wildman–Crippen MR) is 71.9 cm³/mol. The monoisotopic (exact) mass is 250 g/mol. The summed E-state index contributed by atoms with van der Waals surface area (Å²) in [5, 5.41) is 0. The van der Waals surface area contributed by atoms with Crippen LogP contribution in [0.4, 0.5) is 0 Å². The van der Waals surface area contributed by atoms with Crippen molar-refractivity contribution in [3.05, 3.63) is 29.3 Å². The fourth-order valence-electron chi connectivity index (χ4n) is 2.04. The Morgan fingerprint density at radius 3 is 2.39 bits per heavy atom. The van der Waals surface area contributed by atoms with Gasteiger partial charge in [-0.1, -0.05) is 6.07 Å². The van der Waals surface area contributed by atoms with Crippen LogP contribution in [0.2, 0.25) is 0 Å². The molecule has 1 aliphatic rings. The van der Waals surface area contributed by atoms with Crippen LogP contribution in [-0.4, -0.2) is 19.7 Å². The first-order valence-electron chi connectivity index (χ1n) is 6.46. The second kappa shape index (κ2) is 7.75. The quantitative estimate of drug-likeness (QED) is 0.756. The SMILES string of the molecule is CCOC(C)=O.COc1ccc2c(c1)CCCC2. The van der Waals surface area contributed by atoms with Crippen LogP contribution in [0.1, 0.15) is 37.8 Å². The number of hydrogen-bond acceptors (Lipinski definition) is 3. The fourth-order valence-corrected chi connectivity index (χ4v) is 2.04. The number of methoxy groups -OCH3 is 1. The zero-order valence-electron chi connectivity index (χ0n) is 11.5. The minimum atomic E-state index is -0.211. The van der Waals surface area contributed by atoms with E-state index in [-0.39, 0.29) is 5.97 Å². The van der Waals surface area contributed by atoms with E-state index in [0.29, 0.717) is 6.61 Å². The van der Waals surface area contributed by atoms with Crippen LogP contribution in [0.3, 0.4) is 0 Å². The number of carbonyl (C=O) groups is 1. The summed E-state index contributed by atoms with van der Waals surface area (Å²) in [5.41, 5.74) is 3.00. The maximum Gasteiger partial charge on any atom is 0.302 e. The minimum absolute atomic E-state index is 0.211. The largest absolute Gasteiger partial charge is 0.497 e. The van der Waals surface area contributed by atoms with E-state index in [4.69, 9.17) is 4.74 Å². The number of rotatable bonds is 2. The molecule has 0 aromatic heterocycles. The highest BCUT2D eigenvalue weighted by Crippen LogP contribution is 2.24. The van der Waals surface area contributed by atoms with Crippen LogP contribution >= 0.6 is 0 Å². The minimum Gasteiger partial charge on any atom is -0.497 e. The highest BCUT2D eigenvalue weighted by molar-refractivity contribution is 5.65. The molecule has 18 heavy (non-hydrogen) atoms. The van der Waals surface area contributed by atoms with Crippen LogP contribution in [-0.2, 0) is 22.4 Å². The van der Waals surface area contributed by atoms with Gasteiger partial charge in [0, 0.05) is 6.92 Å². The molecule has 0 atom stereocenters. The van der Waals surface area contributed by atoms with Crippen molar-refractivity contribution in [1.29, 1.82) is 0 Å². The molecular formula is C15H22O3. The third-order valence-corrected chi connectivity index (χ3v) is 2.90. The van der Waals surface area contributed by atoms with Crippen LogP contribution in [0.15, 0.2) is 18.2 Å². The van der Waals surface area contributed by atoms with Crippen molar-refractivity contribution in [2.45, 2.75) is 39.5 Å². The normalized spacial score (nSPS) is 12.8. The first-order chi connectivity index (χ1) is 8.67. The molecule has 1 aromatic rings. The fraction of sp³-hybridized carbons (Fsp3) is 0.533. The highest BCUT2D eigenvalue weighted by atomic mass is 16.5. The third-order valence-electron chi connectivity index (χ3n) is 2.90. The summed E-state index contributed by atoms with van der Waals surface area (Å²) in [5.74, 6) is 0.785. The Morgan fingerprint density at radius 2 is 1.89 bits per heavy atom. The van der Waals surface area contributed by atoms with Crippen LogP contribution in [0.25, 0.3) is 0 Å². The van der Waals surface area contributed by atoms with Gasteiger partial charge >= 0.3 is 5.97 Å². The first kappa shape index (κ1) is 14.6. The van der Waals surface area contributed by atoms with E-state index in [9.17, 15) is 4.79 Å². The molecular weight excluding hydrogens is 228 g/mol. The standard InChI is InChI=1S/C11H14O.C4H8O2/c1-12-11-7-6-9-4-2-3-5-10(9)8-11;1-3-6-4(2)5/h6-8H,2-5H2,1H3;3H2,1-2H3. The van der Waals surface area contributed by atoms with Crippen molar-refractivity contribution >= 4 is 5.97 Å². The number of aryl methyl sites for hydroxylation is 2. The molecule has 0 fully saturated rings. The van der Waals surface area contributed by atoms with E-state index in [1.54, 1.807) is 14.0 Å². The number of ether oxygens (including phenoxy) is 2. The predicted octanol–water partition coefficient (Wildman–Crippen LogP) is 3.14. The molecule has 1 aromatic carbocycles. The smallest absolute Gasteiger partial charge is 0.302 e. The Morgan fingerprint density at radius 1 is 1.22 bits per heavy atom. The first-order valence-corrected chi connectivity index (χ1v) is 6.46. The zero-order chi connectivity index (χ0) is 13.4. The molecule has 100 valence electrons. The Labute approximate surface area is 109 Å². The lowest BCUT2D eigenvalue weighted by Gasteiger charge is -2.15. The Balaban J connectivity index is 0.000000232. The van der Waals surface area contributed by atoms with Gasteiger partial charge in [-0.05, 0) is 55.9 Å². The number of hydrogen-bond donors (Lipinski definition) is 0. The molecule has 0 bridgehead atoms.